The summed E-state index contributed by atoms with van der Waals surface area (Å²) < 4.78 is 5.77. The van der Waals surface area contributed by atoms with E-state index >= 15 is 0 Å². The molecule has 1 amide bonds. The summed E-state index contributed by atoms with van der Waals surface area (Å²) in [5.74, 6) is 3.45. The first-order chi connectivity index (χ1) is 12.0. The minimum absolute atomic E-state index is 0.380. The Hall–Kier alpha value is -1.51. The molecule has 4 unspecified atom stereocenters. The average molecular weight is 341 g/mol. The maximum absolute atomic E-state index is 11.8. The molecular formula is C22H31NO2. The minimum Gasteiger partial charge on any atom is -0.493 e. The van der Waals surface area contributed by atoms with Crippen molar-refractivity contribution in [3.05, 3.63) is 28.8 Å². The summed E-state index contributed by atoms with van der Waals surface area (Å²) >= 11 is 0. The predicted molar refractivity (Wildman–Crippen MR) is 99.9 cm³/mol. The minimum atomic E-state index is -0.380. The van der Waals surface area contributed by atoms with Gasteiger partial charge in [0, 0.05) is 0 Å². The van der Waals surface area contributed by atoms with Gasteiger partial charge in [0.2, 0.25) is 0 Å². The first-order valence-electron chi connectivity index (χ1n) is 10.0. The molecule has 3 aliphatic carbocycles. The van der Waals surface area contributed by atoms with Crippen molar-refractivity contribution in [2.45, 2.75) is 65.2 Å². The zero-order chi connectivity index (χ0) is 17.8. The van der Waals surface area contributed by atoms with Gasteiger partial charge in [-0.1, -0.05) is 13.8 Å². The topological polar surface area (TPSA) is 52.3 Å². The van der Waals surface area contributed by atoms with E-state index in [0.29, 0.717) is 29.3 Å². The van der Waals surface area contributed by atoms with E-state index < -0.39 is 0 Å². The highest BCUT2D eigenvalue weighted by Crippen LogP contribution is 2.63. The number of fused-ring (bicyclic) bond motifs is 5. The fourth-order valence-corrected chi connectivity index (χ4v) is 6.33. The van der Waals surface area contributed by atoms with E-state index in [0.717, 1.165) is 24.2 Å². The van der Waals surface area contributed by atoms with Crippen molar-refractivity contribution in [3.63, 3.8) is 0 Å². The first kappa shape index (κ1) is 16.9. The van der Waals surface area contributed by atoms with Gasteiger partial charge >= 0.3 is 0 Å². The molecule has 2 N–H and O–H groups in total. The number of hydrogen-bond acceptors (Lipinski definition) is 2. The Bertz CT molecular complexity index is 698. The van der Waals surface area contributed by atoms with Gasteiger partial charge in [-0.3, -0.25) is 4.79 Å². The van der Waals surface area contributed by atoms with Crippen molar-refractivity contribution < 1.29 is 9.53 Å². The van der Waals surface area contributed by atoms with Crippen LogP contribution in [0.4, 0.5) is 0 Å². The molecule has 0 radical (unpaired) electrons. The summed E-state index contributed by atoms with van der Waals surface area (Å²) in [6.07, 6.45) is 7.73. The van der Waals surface area contributed by atoms with Gasteiger partial charge < -0.3 is 10.5 Å². The fraction of sp³-hybridized carbons (Fsp3) is 0.682. The van der Waals surface area contributed by atoms with Crippen molar-refractivity contribution in [1.29, 1.82) is 0 Å². The largest absolute Gasteiger partial charge is 0.493 e. The third-order valence-electron chi connectivity index (χ3n) is 7.86. The number of benzene rings is 1. The maximum Gasteiger partial charge on any atom is 0.252 e. The van der Waals surface area contributed by atoms with Crippen LogP contribution >= 0.6 is 0 Å². The second-order valence-corrected chi connectivity index (χ2v) is 8.78. The Morgan fingerprint density at radius 1 is 1.28 bits per heavy atom. The van der Waals surface area contributed by atoms with Gasteiger partial charge in [0.25, 0.3) is 5.91 Å². The molecule has 2 fully saturated rings. The number of ether oxygens (including phenoxy) is 1. The molecular weight excluding hydrogens is 310 g/mol. The normalized spacial score (nSPS) is 36.3. The molecule has 0 aliphatic heterocycles. The van der Waals surface area contributed by atoms with Crippen LogP contribution < -0.4 is 10.5 Å². The molecule has 0 aromatic heterocycles. The van der Waals surface area contributed by atoms with Gasteiger partial charge in [-0.15, -0.1) is 0 Å². The Balaban J connectivity index is 1.73. The molecule has 25 heavy (non-hydrogen) atoms. The van der Waals surface area contributed by atoms with Crippen LogP contribution in [-0.4, -0.2) is 12.5 Å². The van der Waals surface area contributed by atoms with Crippen molar-refractivity contribution in [2.24, 2.45) is 28.9 Å². The van der Waals surface area contributed by atoms with Gasteiger partial charge in [-0.25, -0.2) is 0 Å². The number of nitrogens with two attached hydrogens (primary N) is 1. The zero-order valence-corrected chi connectivity index (χ0v) is 15.8. The molecule has 136 valence electrons. The van der Waals surface area contributed by atoms with Crippen LogP contribution in [0, 0.1) is 23.2 Å². The monoisotopic (exact) mass is 341 g/mol. The highest BCUT2D eigenvalue weighted by molar-refractivity contribution is 5.96. The second kappa shape index (κ2) is 6.03. The quantitative estimate of drug-likeness (QED) is 0.868. The molecule has 3 nitrogen and oxygen atoms in total. The summed E-state index contributed by atoms with van der Waals surface area (Å²) in [6.45, 7) is 7.52. The lowest BCUT2D eigenvalue weighted by atomic mass is 9.54. The van der Waals surface area contributed by atoms with E-state index in [9.17, 15) is 4.79 Å². The Labute approximate surface area is 151 Å². The third-order valence-corrected chi connectivity index (χ3v) is 7.86. The number of rotatable bonds is 3. The van der Waals surface area contributed by atoms with Gasteiger partial charge in [0.15, 0.2) is 0 Å². The molecule has 0 saturated heterocycles. The van der Waals surface area contributed by atoms with Gasteiger partial charge in [-0.05, 0) is 97.8 Å². The second-order valence-electron chi connectivity index (χ2n) is 8.78. The lowest BCUT2D eigenvalue weighted by Crippen LogP contribution is -2.41. The summed E-state index contributed by atoms with van der Waals surface area (Å²) in [5.41, 5.74) is 9.44. The van der Waals surface area contributed by atoms with Gasteiger partial charge in [0.1, 0.15) is 5.75 Å². The van der Waals surface area contributed by atoms with E-state index in [2.05, 4.69) is 19.9 Å². The molecule has 1 aromatic carbocycles. The van der Waals surface area contributed by atoms with Crippen LogP contribution in [0.2, 0.25) is 0 Å². The van der Waals surface area contributed by atoms with Crippen LogP contribution in [0.3, 0.4) is 0 Å². The predicted octanol–water partition coefficient (Wildman–Crippen LogP) is 4.68. The lowest BCUT2D eigenvalue weighted by Gasteiger charge is -2.50. The highest BCUT2D eigenvalue weighted by atomic mass is 16.5. The zero-order valence-electron chi connectivity index (χ0n) is 15.8. The Morgan fingerprint density at radius 3 is 2.80 bits per heavy atom. The van der Waals surface area contributed by atoms with Crippen LogP contribution in [0.25, 0.3) is 0 Å². The van der Waals surface area contributed by atoms with E-state index in [1.54, 1.807) is 0 Å². The number of aryl methyl sites for hydroxylation is 1. The summed E-state index contributed by atoms with van der Waals surface area (Å²) in [7, 11) is 0. The molecule has 5 atom stereocenters. The SMILES string of the molecule is CCOc1cc2c(cc1C(N)=O)CCC1C2CC[C@]2(C)C(C)CCC12. The van der Waals surface area contributed by atoms with Crippen LogP contribution in [-0.2, 0) is 6.42 Å². The fourth-order valence-electron chi connectivity index (χ4n) is 6.33. The van der Waals surface area contributed by atoms with Crippen molar-refractivity contribution >= 4 is 5.91 Å². The number of hydrogen-bond donors (Lipinski definition) is 1. The van der Waals surface area contributed by atoms with E-state index in [1.807, 2.05) is 13.0 Å². The molecule has 3 aliphatic rings. The number of primary amides is 1. The van der Waals surface area contributed by atoms with Crippen LogP contribution in [0.5, 0.6) is 5.75 Å². The van der Waals surface area contributed by atoms with Crippen molar-refractivity contribution in [1.82, 2.24) is 0 Å². The number of carbonyl (C=O) groups excluding carboxylic acids is 1. The van der Waals surface area contributed by atoms with E-state index in [-0.39, 0.29) is 5.91 Å². The maximum atomic E-state index is 11.8. The summed E-state index contributed by atoms with van der Waals surface area (Å²) in [6, 6.07) is 4.17. The summed E-state index contributed by atoms with van der Waals surface area (Å²) in [5, 5.41) is 0. The first-order valence-corrected chi connectivity index (χ1v) is 10.0. The Kier molecular flexibility index (Phi) is 4.09. The van der Waals surface area contributed by atoms with Gasteiger partial charge in [0.05, 0.1) is 12.2 Å². The third kappa shape index (κ3) is 2.50. The molecule has 0 heterocycles. The lowest BCUT2D eigenvalue weighted by molar-refractivity contribution is 0.0336. The van der Waals surface area contributed by atoms with Crippen molar-refractivity contribution in [3.8, 4) is 5.75 Å². The van der Waals surface area contributed by atoms with E-state index in [1.165, 1.54) is 43.2 Å². The molecule has 0 spiro atoms. The molecule has 1 aromatic rings. The van der Waals surface area contributed by atoms with Gasteiger partial charge in [-0.2, -0.15) is 0 Å². The van der Waals surface area contributed by atoms with Crippen LogP contribution in [0.1, 0.15) is 80.3 Å². The highest BCUT2D eigenvalue weighted by Gasteiger charge is 2.53. The standard InChI is InChI=1S/C22H31NO2/c1-4-25-20-12-17-14(11-18(20)21(23)24)6-7-16-15(17)9-10-22(3)13(2)5-8-19(16)22/h11-13,15-16,19H,4-10H2,1-3H3,(H2,23,24)/t13?,15?,16?,19?,22-/m1/s1. The summed E-state index contributed by atoms with van der Waals surface area (Å²) in [4.78, 5) is 11.8. The van der Waals surface area contributed by atoms with Crippen LogP contribution in [0.15, 0.2) is 12.1 Å². The average Bonchev–Trinajstić information content (AvgIpc) is 2.89. The number of carbonyl (C=O) groups is 1. The van der Waals surface area contributed by atoms with Crippen molar-refractivity contribution in [2.75, 3.05) is 6.61 Å². The molecule has 0 bridgehead atoms. The Morgan fingerprint density at radius 2 is 2.08 bits per heavy atom. The molecule has 3 heteroatoms. The number of amides is 1. The smallest absolute Gasteiger partial charge is 0.252 e. The molecule has 4 rings (SSSR count). The van der Waals surface area contributed by atoms with E-state index in [4.69, 9.17) is 10.5 Å². The molecule has 2 saturated carbocycles.